The van der Waals surface area contributed by atoms with Crippen molar-refractivity contribution in [2.75, 3.05) is 18.0 Å². The molecule has 2 heterocycles. The van der Waals surface area contributed by atoms with E-state index in [1.54, 1.807) is 0 Å². The van der Waals surface area contributed by atoms with Crippen LogP contribution in [0.25, 0.3) is 5.57 Å². The van der Waals surface area contributed by atoms with Crippen LogP contribution in [0.3, 0.4) is 0 Å². The minimum atomic E-state index is -0.231. The second kappa shape index (κ2) is 6.79. The first kappa shape index (κ1) is 16.6. The summed E-state index contributed by atoms with van der Waals surface area (Å²) in [5, 5.41) is 0. The van der Waals surface area contributed by atoms with E-state index in [0.29, 0.717) is 17.0 Å². The standard InChI is InChI=1S/C22H22N2O2/c1-16-10-12-18(13-11-16)24-21(25)19(17-8-4-2-5-9-17)20(22(24)26)23-14-6-3-7-15-23/h2,4-5,8-13H,3,6-7,14-15H2,1H3. The van der Waals surface area contributed by atoms with Gasteiger partial charge in [-0.2, -0.15) is 0 Å². The van der Waals surface area contributed by atoms with Gasteiger partial charge in [0, 0.05) is 13.1 Å². The molecule has 132 valence electrons. The van der Waals surface area contributed by atoms with E-state index in [1.807, 2.05) is 61.5 Å². The number of hydrogen-bond acceptors (Lipinski definition) is 3. The summed E-state index contributed by atoms with van der Waals surface area (Å²) >= 11 is 0. The first-order valence-electron chi connectivity index (χ1n) is 9.17. The fourth-order valence-corrected chi connectivity index (χ4v) is 3.72. The Morgan fingerprint density at radius 3 is 2.08 bits per heavy atom. The van der Waals surface area contributed by atoms with Crippen LogP contribution in [-0.2, 0) is 9.59 Å². The van der Waals surface area contributed by atoms with Crippen molar-refractivity contribution in [2.45, 2.75) is 26.2 Å². The van der Waals surface area contributed by atoms with Crippen molar-refractivity contribution in [2.24, 2.45) is 0 Å². The number of benzene rings is 2. The van der Waals surface area contributed by atoms with Gasteiger partial charge >= 0.3 is 0 Å². The number of anilines is 1. The highest BCUT2D eigenvalue weighted by Gasteiger charge is 2.42. The summed E-state index contributed by atoms with van der Waals surface area (Å²) in [6.45, 7) is 3.64. The molecule has 2 aliphatic heterocycles. The zero-order chi connectivity index (χ0) is 18.1. The number of hydrogen-bond donors (Lipinski definition) is 0. The Balaban J connectivity index is 1.81. The topological polar surface area (TPSA) is 40.6 Å². The molecule has 2 aromatic rings. The Hall–Kier alpha value is -2.88. The van der Waals surface area contributed by atoms with Gasteiger partial charge < -0.3 is 4.90 Å². The molecule has 4 nitrogen and oxygen atoms in total. The van der Waals surface area contributed by atoms with Crippen LogP contribution < -0.4 is 4.90 Å². The Morgan fingerprint density at radius 2 is 1.42 bits per heavy atom. The van der Waals surface area contributed by atoms with Crippen molar-refractivity contribution < 1.29 is 9.59 Å². The monoisotopic (exact) mass is 346 g/mol. The van der Waals surface area contributed by atoms with Gasteiger partial charge in [-0.3, -0.25) is 9.59 Å². The number of rotatable bonds is 3. The summed E-state index contributed by atoms with van der Waals surface area (Å²) in [4.78, 5) is 30.0. The van der Waals surface area contributed by atoms with Crippen LogP contribution in [0.15, 0.2) is 60.3 Å². The maximum absolute atomic E-state index is 13.3. The summed E-state index contributed by atoms with van der Waals surface area (Å²) in [7, 11) is 0. The summed E-state index contributed by atoms with van der Waals surface area (Å²) in [5.74, 6) is -0.440. The third-order valence-electron chi connectivity index (χ3n) is 5.09. The molecule has 2 amide bonds. The van der Waals surface area contributed by atoms with Gasteiger partial charge in [0.15, 0.2) is 0 Å². The highest BCUT2D eigenvalue weighted by Crippen LogP contribution is 2.35. The third-order valence-corrected chi connectivity index (χ3v) is 5.09. The molecule has 0 spiro atoms. The maximum Gasteiger partial charge on any atom is 0.282 e. The molecule has 0 N–H and O–H groups in total. The first-order chi connectivity index (χ1) is 12.7. The van der Waals surface area contributed by atoms with E-state index < -0.39 is 0 Å². The lowest BCUT2D eigenvalue weighted by molar-refractivity contribution is -0.120. The molecule has 0 saturated carbocycles. The maximum atomic E-state index is 13.3. The number of likely N-dealkylation sites (tertiary alicyclic amines) is 1. The zero-order valence-corrected chi connectivity index (χ0v) is 14.9. The summed E-state index contributed by atoms with van der Waals surface area (Å²) in [6.07, 6.45) is 3.28. The minimum absolute atomic E-state index is 0.209. The number of carbonyl (C=O) groups is 2. The van der Waals surface area contributed by atoms with Gasteiger partial charge in [-0.05, 0) is 43.9 Å². The van der Waals surface area contributed by atoms with E-state index in [9.17, 15) is 9.59 Å². The predicted octanol–water partition coefficient (Wildman–Crippen LogP) is 3.77. The van der Waals surface area contributed by atoms with Gasteiger partial charge in [-0.1, -0.05) is 48.0 Å². The molecule has 26 heavy (non-hydrogen) atoms. The molecular weight excluding hydrogens is 324 g/mol. The number of imide groups is 1. The molecular formula is C22H22N2O2. The van der Waals surface area contributed by atoms with Gasteiger partial charge in [0.25, 0.3) is 11.8 Å². The molecule has 0 radical (unpaired) electrons. The third kappa shape index (κ3) is 2.81. The van der Waals surface area contributed by atoms with Crippen LogP contribution >= 0.6 is 0 Å². The smallest absolute Gasteiger partial charge is 0.282 e. The van der Waals surface area contributed by atoms with Crippen LogP contribution in [-0.4, -0.2) is 29.8 Å². The summed E-state index contributed by atoms with van der Waals surface area (Å²) in [6, 6.07) is 17.1. The molecule has 0 aromatic heterocycles. The molecule has 1 fully saturated rings. The number of nitrogens with zero attached hydrogens (tertiary/aromatic N) is 2. The number of amides is 2. The average Bonchev–Trinajstić information content (AvgIpc) is 2.94. The molecule has 2 aliphatic rings. The highest BCUT2D eigenvalue weighted by molar-refractivity contribution is 6.45. The van der Waals surface area contributed by atoms with Crippen molar-refractivity contribution in [1.82, 2.24) is 4.90 Å². The minimum Gasteiger partial charge on any atom is -0.366 e. The molecule has 2 aromatic carbocycles. The molecule has 0 unspecified atom stereocenters. The van der Waals surface area contributed by atoms with Gasteiger partial charge in [-0.15, -0.1) is 0 Å². The summed E-state index contributed by atoms with van der Waals surface area (Å²) in [5.41, 5.74) is 3.62. The van der Waals surface area contributed by atoms with E-state index >= 15 is 0 Å². The van der Waals surface area contributed by atoms with Gasteiger partial charge in [0.2, 0.25) is 0 Å². The van der Waals surface area contributed by atoms with Gasteiger partial charge in [0.05, 0.1) is 11.3 Å². The van der Waals surface area contributed by atoms with Crippen LogP contribution in [0.5, 0.6) is 0 Å². The number of aryl methyl sites for hydroxylation is 1. The van der Waals surface area contributed by atoms with E-state index in [-0.39, 0.29) is 11.8 Å². The second-order valence-corrected chi connectivity index (χ2v) is 6.92. The Bertz CT molecular complexity index is 863. The lowest BCUT2D eigenvalue weighted by Gasteiger charge is -2.29. The van der Waals surface area contributed by atoms with Crippen LogP contribution in [0.1, 0.15) is 30.4 Å². The largest absolute Gasteiger partial charge is 0.366 e. The first-order valence-corrected chi connectivity index (χ1v) is 9.17. The fraction of sp³-hybridized carbons (Fsp3) is 0.273. The van der Waals surface area contributed by atoms with E-state index in [1.165, 1.54) is 11.3 Å². The van der Waals surface area contributed by atoms with Gasteiger partial charge in [-0.25, -0.2) is 4.90 Å². The predicted molar refractivity (Wildman–Crippen MR) is 102 cm³/mol. The van der Waals surface area contributed by atoms with Crippen molar-refractivity contribution in [1.29, 1.82) is 0 Å². The lowest BCUT2D eigenvalue weighted by Crippen LogP contribution is -2.37. The van der Waals surface area contributed by atoms with Crippen molar-refractivity contribution in [3.63, 3.8) is 0 Å². The SMILES string of the molecule is Cc1ccc(N2C(=O)C(c3ccccc3)=C(N3CCCCC3)C2=O)cc1. The quantitative estimate of drug-likeness (QED) is 0.795. The van der Waals surface area contributed by atoms with E-state index in [0.717, 1.165) is 37.1 Å². The molecule has 0 aliphatic carbocycles. The van der Waals surface area contributed by atoms with Crippen molar-refractivity contribution >= 4 is 23.1 Å². The Kier molecular flexibility index (Phi) is 4.33. The van der Waals surface area contributed by atoms with Crippen molar-refractivity contribution in [3.8, 4) is 0 Å². The van der Waals surface area contributed by atoms with Crippen molar-refractivity contribution in [3.05, 3.63) is 71.4 Å². The number of carbonyl (C=O) groups excluding carboxylic acids is 2. The molecule has 4 rings (SSSR count). The Labute approximate surface area is 153 Å². The van der Waals surface area contributed by atoms with E-state index in [2.05, 4.69) is 4.90 Å². The highest BCUT2D eigenvalue weighted by atomic mass is 16.2. The summed E-state index contributed by atoms with van der Waals surface area (Å²) < 4.78 is 0. The Morgan fingerprint density at radius 1 is 0.769 bits per heavy atom. The number of piperidine rings is 1. The van der Waals surface area contributed by atoms with Crippen LogP contribution in [0.2, 0.25) is 0 Å². The lowest BCUT2D eigenvalue weighted by atomic mass is 10.0. The van der Waals surface area contributed by atoms with E-state index in [4.69, 9.17) is 0 Å². The van der Waals surface area contributed by atoms with Gasteiger partial charge in [0.1, 0.15) is 5.70 Å². The molecule has 0 atom stereocenters. The molecule has 1 saturated heterocycles. The molecule has 0 bridgehead atoms. The fourth-order valence-electron chi connectivity index (χ4n) is 3.72. The molecule has 4 heteroatoms. The second-order valence-electron chi connectivity index (χ2n) is 6.92. The average molecular weight is 346 g/mol. The normalized spacial score (nSPS) is 18.0. The van der Waals surface area contributed by atoms with Crippen LogP contribution in [0.4, 0.5) is 5.69 Å². The van der Waals surface area contributed by atoms with Crippen LogP contribution in [0, 0.1) is 6.92 Å². The zero-order valence-electron chi connectivity index (χ0n) is 14.9.